The molecule has 1 aromatic heterocycles. The first-order chi connectivity index (χ1) is 12.1. The predicted octanol–water partition coefficient (Wildman–Crippen LogP) is 1.87. The van der Waals surface area contributed by atoms with Crippen LogP contribution in [0.1, 0.15) is 23.9 Å². The van der Waals surface area contributed by atoms with Gasteiger partial charge in [0, 0.05) is 25.4 Å². The van der Waals surface area contributed by atoms with Gasteiger partial charge in [-0.05, 0) is 38.4 Å². The summed E-state index contributed by atoms with van der Waals surface area (Å²) >= 11 is 1.63. The van der Waals surface area contributed by atoms with Gasteiger partial charge < -0.3 is 9.88 Å². The van der Waals surface area contributed by atoms with Crippen molar-refractivity contribution in [2.75, 3.05) is 19.3 Å². The number of rotatable bonds is 6. The van der Waals surface area contributed by atoms with Crippen molar-refractivity contribution in [3.8, 4) is 0 Å². The molecule has 3 rings (SSSR count). The lowest BCUT2D eigenvalue weighted by molar-refractivity contribution is -0.126. The fourth-order valence-corrected chi connectivity index (χ4v) is 4.12. The third kappa shape index (κ3) is 4.04. The van der Waals surface area contributed by atoms with Crippen molar-refractivity contribution in [2.24, 2.45) is 0 Å². The van der Waals surface area contributed by atoms with Gasteiger partial charge in [0.05, 0.1) is 6.04 Å². The van der Waals surface area contributed by atoms with E-state index in [4.69, 9.17) is 0 Å². The number of hydrogen-bond donors (Lipinski definition) is 1. The molecule has 7 heteroatoms. The lowest BCUT2D eigenvalue weighted by Gasteiger charge is -2.33. The second-order valence-corrected chi connectivity index (χ2v) is 7.38. The topological polar surface area (TPSA) is 63.1 Å². The van der Waals surface area contributed by atoms with E-state index in [0.29, 0.717) is 6.54 Å². The van der Waals surface area contributed by atoms with Crippen molar-refractivity contribution in [3.63, 3.8) is 0 Å². The number of hydrogen-bond acceptors (Lipinski definition) is 5. The standard InChI is InChI=1S/C18H25N5OS/c1-4-23-13(2)20-21-18(23)25-10-9-19-17(24)16-11-14-7-5-6-8-15(14)12-22(16)3/h5-8,16H,4,9-12H2,1-3H3,(H,19,24)/t16-/m1/s1. The first-order valence-corrected chi connectivity index (χ1v) is 9.66. The molecule has 1 aliphatic heterocycles. The third-order valence-corrected chi connectivity index (χ3v) is 5.61. The molecule has 25 heavy (non-hydrogen) atoms. The van der Waals surface area contributed by atoms with E-state index in [1.807, 2.05) is 20.0 Å². The molecule has 2 aromatic rings. The maximum absolute atomic E-state index is 12.6. The highest BCUT2D eigenvalue weighted by Crippen LogP contribution is 2.22. The fraction of sp³-hybridized carbons (Fsp3) is 0.500. The van der Waals surface area contributed by atoms with Crippen LogP contribution in [0.2, 0.25) is 0 Å². The quantitative estimate of drug-likeness (QED) is 0.630. The van der Waals surface area contributed by atoms with Gasteiger partial charge in [0.1, 0.15) is 5.82 Å². The Morgan fingerprint density at radius 1 is 1.32 bits per heavy atom. The van der Waals surface area contributed by atoms with Gasteiger partial charge in [-0.3, -0.25) is 9.69 Å². The van der Waals surface area contributed by atoms with Crippen LogP contribution in [-0.4, -0.2) is 51.0 Å². The Kier molecular flexibility index (Phi) is 5.75. The number of carbonyl (C=O) groups is 1. The number of aromatic nitrogens is 3. The number of carbonyl (C=O) groups excluding carboxylic acids is 1. The Morgan fingerprint density at radius 2 is 2.08 bits per heavy atom. The van der Waals surface area contributed by atoms with E-state index in [2.05, 4.69) is 50.1 Å². The first kappa shape index (κ1) is 17.9. The molecule has 1 aromatic carbocycles. The molecule has 0 fully saturated rings. The Labute approximate surface area is 153 Å². The normalized spacial score (nSPS) is 17.3. The average Bonchev–Trinajstić information content (AvgIpc) is 2.97. The number of benzene rings is 1. The van der Waals surface area contributed by atoms with Crippen molar-refractivity contribution in [1.82, 2.24) is 25.0 Å². The largest absolute Gasteiger partial charge is 0.354 e. The van der Waals surface area contributed by atoms with Gasteiger partial charge in [-0.2, -0.15) is 0 Å². The van der Waals surface area contributed by atoms with Gasteiger partial charge in [0.15, 0.2) is 5.16 Å². The Morgan fingerprint density at radius 3 is 2.84 bits per heavy atom. The molecule has 0 spiro atoms. The summed E-state index contributed by atoms with van der Waals surface area (Å²) in [4.78, 5) is 14.7. The Hall–Kier alpha value is -1.86. The maximum Gasteiger partial charge on any atom is 0.237 e. The van der Waals surface area contributed by atoms with Crippen molar-refractivity contribution in [2.45, 2.75) is 44.6 Å². The molecule has 134 valence electrons. The van der Waals surface area contributed by atoms with Crippen molar-refractivity contribution >= 4 is 17.7 Å². The van der Waals surface area contributed by atoms with Crippen LogP contribution in [-0.2, 0) is 24.3 Å². The molecule has 1 atom stereocenters. The third-order valence-electron chi connectivity index (χ3n) is 4.64. The molecule has 0 saturated carbocycles. The number of fused-ring (bicyclic) bond motifs is 1. The van der Waals surface area contributed by atoms with Crippen molar-refractivity contribution < 1.29 is 4.79 Å². The fourth-order valence-electron chi connectivity index (χ4n) is 3.21. The summed E-state index contributed by atoms with van der Waals surface area (Å²) in [5.41, 5.74) is 2.60. The van der Waals surface area contributed by atoms with E-state index in [1.54, 1.807) is 11.8 Å². The number of aryl methyl sites for hydroxylation is 1. The lowest BCUT2D eigenvalue weighted by atomic mass is 9.94. The number of amides is 1. The summed E-state index contributed by atoms with van der Waals surface area (Å²) in [5, 5.41) is 12.3. The van der Waals surface area contributed by atoms with E-state index in [9.17, 15) is 4.79 Å². The molecule has 1 amide bonds. The van der Waals surface area contributed by atoms with E-state index >= 15 is 0 Å². The van der Waals surface area contributed by atoms with Crippen LogP contribution in [0.4, 0.5) is 0 Å². The van der Waals surface area contributed by atoms with Crippen LogP contribution in [0.3, 0.4) is 0 Å². The van der Waals surface area contributed by atoms with Crippen LogP contribution in [0, 0.1) is 6.92 Å². The highest BCUT2D eigenvalue weighted by atomic mass is 32.2. The van der Waals surface area contributed by atoms with Crippen LogP contribution >= 0.6 is 11.8 Å². The van der Waals surface area contributed by atoms with Gasteiger partial charge in [0.2, 0.25) is 5.91 Å². The number of nitrogens with zero attached hydrogens (tertiary/aromatic N) is 4. The first-order valence-electron chi connectivity index (χ1n) is 8.67. The summed E-state index contributed by atoms with van der Waals surface area (Å²) in [6.07, 6.45) is 0.773. The Balaban J connectivity index is 1.50. The highest BCUT2D eigenvalue weighted by molar-refractivity contribution is 7.99. The van der Waals surface area contributed by atoms with Crippen LogP contribution in [0.5, 0.6) is 0 Å². The summed E-state index contributed by atoms with van der Waals surface area (Å²) in [7, 11) is 2.02. The molecular formula is C18H25N5OS. The number of likely N-dealkylation sites (N-methyl/N-ethyl adjacent to an activating group) is 1. The van der Waals surface area contributed by atoms with Crippen molar-refractivity contribution in [1.29, 1.82) is 0 Å². The molecule has 0 saturated heterocycles. The van der Waals surface area contributed by atoms with Gasteiger partial charge in [-0.1, -0.05) is 36.0 Å². The van der Waals surface area contributed by atoms with E-state index < -0.39 is 0 Å². The number of thioether (sulfide) groups is 1. The molecular weight excluding hydrogens is 334 g/mol. The summed E-state index contributed by atoms with van der Waals surface area (Å²) in [6.45, 7) is 6.35. The monoisotopic (exact) mass is 359 g/mol. The summed E-state index contributed by atoms with van der Waals surface area (Å²) < 4.78 is 2.08. The molecule has 0 unspecified atom stereocenters. The lowest BCUT2D eigenvalue weighted by Crippen LogP contribution is -2.48. The van der Waals surface area contributed by atoms with E-state index in [0.717, 1.165) is 36.2 Å². The molecule has 1 aliphatic rings. The average molecular weight is 359 g/mol. The SMILES string of the molecule is CCn1c(C)nnc1SCCNC(=O)[C@H]1Cc2ccccc2CN1C. The second kappa shape index (κ2) is 8.01. The van der Waals surface area contributed by atoms with Crippen LogP contribution < -0.4 is 5.32 Å². The summed E-state index contributed by atoms with van der Waals surface area (Å²) in [6, 6.07) is 8.27. The van der Waals surface area contributed by atoms with Crippen LogP contribution in [0.25, 0.3) is 0 Å². The Bertz CT molecular complexity index is 745. The van der Waals surface area contributed by atoms with Gasteiger partial charge in [-0.25, -0.2) is 0 Å². The van der Waals surface area contributed by atoms with E-state index in [1.165, 1.54) is 11.1 Å². The zero-order valence-corrected chi connectivity index (χ0v) is 15.8. The number of nitrogens with one attached hydrogen (secondary N) is 1. The molecule has 2 heterocycles. The molecule has 0 radical (unpaired) electrons. The minimum Gasteiger partial charge on any atom is -0.354 e. The maximum atomic E-state index is 12.6. The zero-order valence-electron chi connectivity index (χ0n) is 15.0. The molecule has 1 N–H and O–H groups in total. The van der Waals surface area contributed by atoms with Gasteiger partial charge >= 0.3 is 0 Å². The smallest absolute Gasteiger partial charge is 0.237 e. The minimum atomic E-state index is -0.0959. The highest BCUT2D eigenvalue weighted by Gasteiger charge is 2.28. The van der Waals surface area contributed by atoms with E-state index in [-0.39, 0.29) is 11.9 Å². The predicted molar refractivity (Wildman–Crippen MR) is 99.6 cm³/mol. The van der Waals surface area contributed by atoms with Crippen molar-refractivity contribution in [3.05, 3.63) is 41.2 Å². The van der Waals surface area contributed by atoms with Crippen LogP contribution in [0.15, 0.2) is 29.4 Å². The second-order valence-electron chi connectivity index (χ2n) is 6.32. The van der Waals surface area contributed by atoms with Gasteiger partial charge in [-0.15, -0.1) is 10.2 Å². The molecule has 0 aliphatic carbocycles. The van der Waals surface area contributed by atoms with Gasteiger partial charge in [0.25, 0.3) is 0 Å². The minimum absolute atomic E-state index is 0.0959. The summed E-state index contributed by atoms with van der Waals surface area (Å²) in [5.74, 6) is 1.82. The molecule has 6 nitrogen and oxygen atoms in total. The molecule has 0 bridgehead atoms. The zero-order chi connectivity index (χ0) is 17.8.